The zero-order valence-corrected chi connectivity index (χ0v) is 13.3. The van der Waals surface area contributed by atoms with Gasteiger partial charge < -0.3 is 0 Å². The van der Waals surface area contributed by atoms with Crippen molar-refractivity contribution in [1.29, 1.82) is 0 Å². The highest BCUT2D eigenvalue weighted by Gasteiger charge is 2.15. The Bertz CT molecular complexity index is 578. The maximum absolute atomic E-state index is 11.7. The van der Waals surface area contributed by atoms with Crippen LogP contribution in [0.15, 0.2) is 40.9 Å². The van der Waals surface area contributed by atoms with Gasteiger partial charge in [-0.05, 0) is 28.8 Å². The molecule has 1 nitrogen and oxygen atoms in total. The molecule has 3 heteroatoms. The minimum Gasteiger partial charge on any atom is -0.298 e. The van der Waals surface area contributed by atoms with Crippen molar-refractivity contribution in [3.05, 3.63) is 46.4 Å². The van der Waals surface area contributed by atoms with Crippen molar-refractivity contribution in [2.75, 3.05) is 0 Å². The van der Waals surface area contributed by atoms with Crippen LogP contribution in [0.25, 0.3) is 10.8 Å². The average molecular weight is 370 g/mol. The van der Waals surface area contributed by atoms with E-state index >= 15 is 0 Å². The van der Waals surface area contributed by atoms with E-state index in [9.17, 15) is 4.79 Å². The molecule has 0 radical (unpaired) electrons. The van der Waals surface area contributed by atoms with Crippen molar-refractivity contribution < 1.29 is 4.79 Å². The van der Waals surface area contributed by atoms with Crippen molar-refractivity contribution in [3.63, 3.8) is 0 Å². The van der Waals surface area contributed by atoms with Gasteiger partial charge in [0.1, 0.15) is 5.78 Å². The minimum atomic E-state index is -0.0907. The largest absolute Gasteiger partial charge is 0.298 e. The van der Waals surface area contributed by atoms with Crippen molar-refractivity contribution in [2.24, 2.45) is 0 Å². The number of hydrogen-bond donors (Lipinski definition) is 0. The third kappa shape index (κ3) is 2.83. The first-order valence-corrected chi connectivity index (χ1v) is 7.67. The molecule has 2 aromatic rings. The molecule has 2 aromatic carbocycles. The molecule has 18 heavy (non-hydrogen) atoms. The number of benzene rings is 2. The maximum atomic E-state index is 11.7. The highest BCUT2D eigenvalue weighted by Crippen LogP contribution is 2.28. The Hall–Kier alpha value is -0.670. The smallest absolute Gasteiger partial charge is 0.146 e. The third-order valence-electron chi connectivity index (χ3n) is 3.06. The molecule has 0 aliphatic heterocycles. The van der Waals surface area contributed by atoms with Gasteiger partial charge in [-0.1, -0.05) is 69.1 Å². The van der Waals surface area contributed by atoms with Gasteiger partial charge in [-0.2, -0.15) is 0 Å². The van der Waals surface area contributed by atoms with Crippen LogP contribution in [0.2, 0.25) is 0 Å². The van der Waals surface area contributed by atoms with E-state index in [1.165, 1.54) is 16.3 Å². The summed E-state index contributed by atoms with van der Waals surface area (Å²) in [5, 5.41) is 2.40. The number of fused-ring (bicyclic) bond motifs is 1. The molecule has 0 fully saturated rings. The summed E-state index contributed by atoms with van der Waals surface area (Å²) in [4.78, 5) is 11.6. The molecule has 0 aliphatic carbocycles. The summed E-state index contributed by atoms with van der Waals surface area (Å²) >= 11 is 7.04. The van der Waals surface area contributed by atoms with Crippen LogP contribution in [0.4, 0.5) is 0 Å². The predicted octanol–water partition coefficient (Wildman–Crippen LogP) is 4.89. The van der Waals surface area contributed by atoms with Gasteiger partial charge in [-0.25, -0.2) is 0 Å². The van der Waals surface area contributed by atoms with E-state index < -0.39 is 0 Å². The number of carbonyl (C=O) groups is 1. The molecule has 0 saturated heterocycles. The molecule has 1 atom stereocenters. The second kappa shape index (κ2) is 5.98. The number of hydrogen-bond acceptors (Lipinski definition) is 1. The van der Waals surface area contributed by atoms with Gasteiger partial charge in [-0.15, -0.1) is 0 Å². The maximum Gasteiger partial charge on any atom is 0.146 e. The highest BCUT2D eigenvalue weighted by molar-refractivity contribution is 9.10. The third-order valence-corrected chi connectivity index (χ3v) is 4.58. The Balaban J connectivity index is 2.40. The Kier molecular flexibility index (Phi) is 4.57. The van der Waals surface area contributed by atoms with E-state index in [0.717, 1.165) is 10.9 Å². The van der Waals surface area contributed by atoms with Crippen LogP contribution in [0.5, 0.6) is 0 Å². The predicted molar refractivity (Wildman–Crippen MR) is 83.4 cm³/mol. The monoisotopic (exact) mass is 368 g/mol. The lowest BCUT2D eigenvalue weighted by Crippen LogP contribution is -2.15. The van der Waals surface area contributed by atoms with Gasteiger partial charge in [0.25, 0.3) is 0 Å². The molecule has 94 valence electrons. The number of Topliss-reactive ketones (excluding diaryl/α,β-unsaturated/α-hetero) is 1. The van der Waals surface area contributed by atoms with Crippen molar-refractivity contribution in [1.82, 2.24) is 0 Å². The fraction of sp³-hybridized carbons (Fsp3) is 0.267. The van der Waals surface area contributed by atoms with Crippen LogP contribution in [0, 0.1) is 0 Å². The normalized spacial score (nSPS) is 12.6. The molecule has 0 heterocycles. The van der Waals surface area contributed by atoms with Gasteiger partial charge in [0, 0.05) is 10.9 Å². The minimum absolute atomic E-state index is 0.0907. The van der Waals surface area contributed by atoms with Gasteiger partial charge >= 0.3 is 0 Å². The van der Waals surface area contributed by atoms with Crippen LogP contribution in [0.1, 0.15) is 18.9 Å². The summed E-state index contributed by atoms with van der Waals surface area (Å²) in [6.45, 7) is 1.90. The second-order valence-electron chi connectivity index (χ2n) is 4.24. The number of carbonyl (C=O) groups excluding carboxylic acids is 1. The molecule has 0 saturated carbocycles. The summed E-state index contributed by atoms with van der Waals surface area (Å²) in [5.74, 6) is 0.252. The summed E-state index contributed by atoms with van der Waals surface area (Å²) in [6, 6.07) is 12.4. The van der Waals surface area contributed by atoms with E-state index in [4.69, 9.17) is 0 Å². The van der Waals surface area contributed by atoms with Crippen LogP contribution in [0.3, 0.4) is 0 Å². The first kappa shape index (κ1) is 13.8. The van der Waals surface area contributed by atoms with Crippen LogP contribution in [-0.2, 0) is 11.2 Å². The molecular weight excluding hydrogens is 356 g/mol. The first-order valence-electron chi connectivity index (χ1n) is 5.96. The van der Waals surface area contributed by atoms with Crippen molar-refractivity contribution in [3.8, 4) is 0 Å². The number of halogens is 2. The van der Waals surface area contributed by atoms with Gasteiger partial charge in [0.05, 0.1) is 4.83 Å². The molecule has 0 bridgehead atoms. The number of rotatable bonds is 4. The van der Waals surface area contributed by atoms with E-state index in [-0.39, 0.29) is 10.6 Å². The molecule has 0 aliphatic rings. The van der Waals surface area contributed by atoms with E-state index in [0.29, 0.717) is 6.42 Å². The van der Waals surface area contributed by atoms with Crippen molar-refractivity contribution in [2.45, 2.75) is 24.6 Å². The Morgan fingerprint density at radius 1 is 1.17 bits per heavy atom. The summed E-state index contributed by atoms with van der Waals surface area (Å²) in [5.41, 5.74) is 1.21. The molecule has 1 unspecified atom stereocenters. The molecule has 0 aromatic heterocycles. The molecule has 2 rings (SSSR count). The number of ketones is 1. The van der Waals surface area contributed by atoms with Gasteiger partial charge in [0.2, 0.25) is 0 Å². The zero-order chi connectivity index (χ0) is 13.1. The fourth-order valence-corrected chi connectivity index (χ4v) is 3.18. The van der Waals surface area contributed by atoms with Crippen LogP contribution < -0.4 is 0 Å². The lowest BCUT2D eigenvalue weighted by molar-refractivity contribution is -0.118. The molecule has 0 amide bonds. The molecule has 0 N–H and O–H groups in total. The molecular formula is C15H14Br2O. The SMILES string of the molecule is CCC(=O)C(Br)Cc1ccc(Br)c2ccccc12. The Morgan fingerprint density at radius 2 is 1.83 bits per heavy atom. The Labute approximate surface area is 124 Å². The van der Waals surface area contributed by atoms with Gasteiger partial charge in [0.15, 0.2) is 0 Å². The van der Waals surface area contributed by atoms with Crippen molar-refractivity contribution >= 4 is 48.4 Å². The quantitative estimate of drug-likeness (QED) is 0.701. The number of alkyl halides is 1. The zero-order valence-electron chi connectivity index (χ0n) is 10.1. The fourth-order valence-electron chi connectivity index (χ4n) is 2.03. The van der Waals surface area contributed by atoms with Gasteiger partial charge in [-0.3, -0.25) is 4.79 Å². The lowest BCUT2D eigenvalue weighted by Gasteiger charge is -2.11. The highest BCUT2D eigenvalue weighted by atomic mass is 79.9. The molecule has 0 spiro atoms. The topological polar surface area (TPSA) is 17.1 Å². The standard InChI is InChI=1S/C15H14Br2O/c1-2-15(18)14(17)9-10-7-8-13(16)12-6-4-3-5-11(10)12/h3-8,14H,2,9H2,1H3. The summed E-state index contributed by atoms with van der Waals surface area (Å²) in [6.07, 6.45) is 1.31. The van der Waals surface area contributed by atoms with Crippen LogP contribution >= 0.6 is 31.9 Å². The average Bonchev–Trinajstić information content (AvgIpc) is 2.41. The van der Waals surface area contributed by atoms with E-state index in [2.05, 4.69) is 50.1 Å². The summed E-state index contributed by atoms with van der Waals surface area (Å²) in [7, 11) is 0. The first-order chi connectivity index (χ1) is 8.63. The lowest BCUT2D eigenvalue weighted by atomic mass is 9.99. The van der Waals surface area contributed by atoms with Crippen LogP contribution in [-0.4, -0.2) is 10.6 Å². The van der Waals surface area contributed by atoms with E-state index in [1.54, 1.807) is 0 Å². The second-order valence-corrected chi connectivity index (χ2v) is 6.20. The Morgan fingerprint density at radius 3 is 2.50 bits per heavy atom. The van der Waals surface area contributed by atoms with E-state index in [1.807, 2.05) is 25.1 Å². The summed E-state index contributed by atoms with van der Waals surface area (Å²) < 4.78 is 1.09.